The average Bonchev–Trinajstić information content (AvgIpc) is 2.36. The second-order valence-corrected chi connectivity index (χ2v) is 5.10. The Hall–Kier alpha value is -1.31. The van der Waals surface area contributed by atoms with Gasteiger partial charge in [-0.25, -0.2) is 0 Å². The molecule has 0 unspecified atom stereocenters. The van der Waals surface area contributed by atoms with Gasteiger partial charge in [-0.15, -0.1) is 0 Å². The number of rotatable bonds is 0. The van der Waals surface area contributed by atoms with Crippen molar-refractivity contribution in [3.63, 3.8) is 0 Å². The van der Waals surface area contributed by atoms with Crippen molar-refractivity contribution in [3.05, 3.63) is 28.3 Å². The first kappa shape index (κ1) is 10.2. The normalized spacial score (nSPS) is 18.0. The van der Waals surface area contributed by atoms with E-state index in [9.17, 15) is 9.90 Å². The minimum absolute atomic E-state index is 0.0711. The molecule has 0 radical (unpaired) electrons. The van der Waals surface area contributed by atoms with Gasteiger partial charge in [0, 0.05) is 5.41 Å². The van der Waals surface area contributed by atoms with Gasteiger partial charge in [-0.2, -0.15) is 0 Å². The standard InChI is InChI=1S/C13H16O2/c1-7-5-8(2)11(14)10-9(7)6-13(3,4)12(10)15/h5,14H,6H2,1-4H3. The molecule has 1 aliphatic carbocycles. The van der Waals surface area contributed by atoms with Crippen molar-refractivity contribution >= 4 is 5.78 Å². The molecule has 0 spiro atoms. The van der Waals surface area contributed by atoms with E-state index in [0.717, 1.165) is 23.1 Å². The molecule has 2 rings (SSSR count). The van der Waals surface area contributed by atoms with Crippen LogP contribution < -0.4 is 0 Å². The zero-order chi connectivity index (χ0) is 11.4. The monoisotopic (exact) mass is 204 g/mol. The lowest BCUT2D eigenvalue weighted by molar-refractivity contribution is 0.0861. The lowest BCUT2D eigenvalue weighted by atomic mass is 9.89. The molecule has 15 heavy (non-hydrogen) atoms. The van der Waals surface area contributed by atoms with Crippen molar-refractivity contribution in [3.8, 4) is 5.75 Å². The molecule has 0 heterocycles. The predicted molar refractivity (Wildman–Crippen MR) is 59.4 cm³/mol. The summed E-state index contributed by atoms with van der Waals surface area (Å²) in [6, 6.07) is 1.95. The van der Waals surface area contributed by atoms with Crippen LogP contribution in [-0.4, -0.2) is 10.9 Å². The van der Waals surface area contributed by atoms with Crippen LogP contribution in [-0.2, 0) is 6.42 Å². The van der Waals surface area contributed by atoms with Crippen LogP contribution >= 0.6 is 0 Å². The highest BCUT2D eigenvalue weighted by atomic mass is 16.3. The van der Waals surface area contributed by atoms with Gasteiger partial charge < -0.3 is 5.11 Å². The van der Waals surface area contributed by atoms with Crippen LogP contribution in [0.2, 0.25) is 0 Å². The predicted octanol–water partition coefficient (Wildman–Crippen LogP) is 2.77. The molecule has 80 valence electrons. The molecule has 1 N–H and O–H groups in total. The number of carbonyl (C=O) groups is 1. The molecule has 2 heteroatoms. The highest BCUT2D eigenvalue weighted by Gasteiger charge is 2.40. The second-order valence-electron chi connectivity index (χ2n) is 5.10. The Morgan fingerprint density at radius 1 is 1.27 bits per heavy atom. The van der Waals surface area contributed by atoms with E-state index in [2.05, 4.69) is 0 Å². The van der Waals surface area contributed by atoms with E-state index >= 15 is 0 Å². The molecule has 0 atom stereocenters. The van der Waals surface area contributed by atoms with E-state index in [1.54, 1.807) is 0 Å². The van der Waals surface area contributed by atoms with Gasteiger partial charge in [0.1, 0.15) is 5.75 Å². The zero-order valence-corrected chi connectivity index (χ0v) is 9.64. The van der Waals surface area contributed by atoms with Crippen molar-refractivity contribution in [2.45, 2.75) is 34.1 Å². The molecule has 2 nitrogen and oxygen atoms in total. The molecular weight excluding hydrogens is 188 g/mol. The summed E-state index contributed by atoms with van der Waals surface area (Å²) >= 11 is 0. The van der Waals surface area contributed by atoms with Crippen LogP contribution in [0.15, 0.2) is 6.07 Å². The number of phenols is 1. The summed E-state index contributed by atoms with van der Waals surface area (Å²) in [5, 5.41) is 9.92. The van der Waals surface area contributed by atoms with Crippen molar-refractivity contribution < 1.29 is 9.90 Å². The summed E-state index contributed by atoms with van der Waals surface area (Å²) in [7, 11) is 0. The Kier molecular flexibility index (Phi) is 1.94. The zero-order valence-electron chi connectivity index (χ0n) is 9.64. The lowest BCUT2D eigenvalue weighted by Gasteiger charge is -2.13. The maximum absolute atomic E-state index is 12.1. The molecule has 0 aliphatic heterocycles. The largest absolute Gasteiger partial charge is 0.507 e. The Balaban J connectivity index is 2.75. The third-order valence-electron chi connectivity index (χ3n) is 3.28. The minimum Gasteiger partial charge on any atom is -0.507 e. The molecule has 0 saturated heterocycles. The quantitative estimate of drug-likeness (QED) is 0.705. The summed E-state index contributed by atoms with van der Waals surface area (Å²) in [6.07, 6.45) is 0.737. The van der Waals surface area contributed by atoms with Gasteiger partial charge in [0.2, 0.25) is 0 Å². The van der Waals surface area contributed by atoms with Crippen LogP contribution in [0.4, 0.5) is 0 Å². The first-order chi connectivity index (χ1) is 6.84. The number of aromatic hydroxyl groups is 1. The van der Waals surface area contributed by atoms with Crippen LogP contribution in [0.25, 0.3) is 0 Å². The molecule has 1 aromatic carbocycles. The van der Waals surface area contributed by atoms with E-state index in [1.165, 1.54) is 0 Å². The molecule has 0 amide bonds. The Bertz CT molecular complexity index is 456. The Labute approximate surface area is 89.9 Å². The number of ketones is 1. The topological polar surface area (TPSA) is 37.3 Å². The van der Waals surface area contributed by atoms with Crippen LogP contribution in [0.1, 0.15) is 40.9 Å². The van der Waals surface area contributed by atoms with Crippen molar-refractivity contribution in [1.29, 1.82) is 0 Å². The fourth-order valence-electron chi connectivity index (χ4n) is 2.35. The molecule has 1 aromatic rings. The van der Waals surface area contributed by atoms with Gasteiger partial charge in [0.25, 0.3) is 0 Å². The summed E-state index contributed by atoms with van der Waals surface area (Å²) in [6.45, 7) is 7.70. The van der Waals surface area contributed by atoms with Crippen molar-refractivity contribution in [1.82, 2.24) is 0 Å². The number of benzene rings is 1. The highest BCUT2D eigenvalue weighted by molar-refractivity contribution is 6.07. The van der Waals surface area contributed by atoms with Crippen molar-refractivity contribution in [2.75, 3.05) is 0 Å². The van der Waals surface area contributed by atoms with E-state index in [-0.39, 0.29) is 16.9 Å². The van der Waals surface area contributed by atoms with Gasteiger partial charge in [-0.05, 0) is 37.0 Å². The SMILES string of the molecule is Cc1cc(C)c2c(c1O)C(=O)C(C)(C)C2. The fourth-order valence-corrected chi connectivity index (χ4v) is 2.35. The van der Waals surface area contributed by atoms with Crippen molar-refractivity contribution in [2.24, 2.45) is 5.41 Å². The van der Waals surface area contributed by atoms with E-state index < -0.39 is 0 Å². The molecule has 1 aliphatic rings. The molecule has 0 fully saturated rings. The molecule has 0 bridgehead atoms. The number of hydrogen-bond acceptors (Lipinski definition) is 2. The molecule has 0 saturated carbocycles. The number of fused-ring (bicyclic) bond motifs is 1. The lowest BCUT2D eigenvalue weighted by Crippen LogP contribution is -2.19. The van der Waals surface area contributed by atoms with Crippen LogP contribution in [0.5, 0.6) is 5.75 Å². The van der Waals surface area contributed by atoms with Gasteiger partial charge >= 0.3 is 0 Å². The fraction of sp³-hybridized carbons (Fsp3) is 0.462. The summed E-state index contributed by atoms with van der Waals surface area (Å²) in [5.41, 5.74) is 3.11. The first-order valence-electron chi connectivity index (χ1n) is 5.21. The number of Topliss-reactive ketones (excluding diaryl/α,β-unsaturated/α-hetero) is 1. The smallest absolute Gasteiger partial charge is 0.172 e. The number of carbonyl (C=O) groups excluding carboxylic acids is 1. The number of hydrogen-bond donors (Lipinski definition) is 1. The minimum atomic E-state index is -0.363. The van der Waals surface area contributed by atoms with E-state index in [4.69, 9.17) is 0 Å². The van der Waals surface area contributed by atoms with Gasteiger partial charge in [0.05, 0.1) is 5.56 Å². The van der Waals surface area contributed by atoms with Gasteiger partial charge in [0.15, 0.2) is 5.78 Å². The van der Waals surface area contributed by atoms with Gasteiger partial charge in [-0.3, -0.25) is 4.79 Å². The van der Waals surface area contributed by atoms with E-state index in [1.807, 2.05) is 33.8 Å². The molecule has 0 aromatic heterocycles. The Morgan fingerprint density at radius 3 is 2.47 bits per heavy atom. The third kappa shape index (κ3) is 1.28. The summed E-state index contributed by atoms with van der Waals surface area (Å²) in [5.74, 6) is 0.243. The number of phenolic OH excluding ortho intramolecular Hbond substituents is 1. The van der Waals surface area contributed by atoms with Crippen LogP contribution in [0.3, 0.4) is 0 Å². The van der Waals surface area contributed by atoms with Crippen LogP contribution in [0, 0.1) is 19.3 Å². The maximum Gasteiger partial charge on any atom is 0.172 e. The Morgan fingerprint density at radius 2 is 1.87 bits per heavy atom. The molecular formula is C13H16O2. The summed E-state index contributed by atoms with van der Waals surface area (Å²) < 4.78 is 0. The first-order valence-corrected chi connectivity index (χ1v) is 5.21. The van der Waals surface area contributed by atoms with E-state index in [0.29, 0.717) is 5.56 Å². The third-order valence-corrected chi connectivity index (χ3v) is 3.28. The maximum atomic E-state index is 12.1. The van der Waals surface area contributed by atoms with Gasteiger partial charge in [-0.1, -0.05) is 19.9 Å². The highest BCUT2D eigenvalue weighted by Crippen LogP contribution is 2.42. The second kappa shape index (κ2) is 2.84. The summed E-state index contributed by atoms with van der Waals surface area (Å²) in [4.78, 5) is 12.1. The average molecular weight is 204 g/mol. The number of aryl methyl sites for hydroxylation is 2.